The van der Waals surface area contributed by atoms with Gasteiger partial charge < -0.3 is 15.5 Å². The van der Waals surface area contributed by atoms with E-state index in [-0.39, 0.29) is 18.3 Å². The molecule has 0 radical (unpaired) electrons. The number of rotatable bonds is 6. The predicted octanol–water partition coefficient (Wildman–Crippen LogP) is 5.62. The van der Waals surface area contributed by atoms with E-state index in [0.29, 0.717) is 18.1 Å². The average Bonchev–Trinajstić information content (AvgIpc) is 3.22. The Morgan fingerprint density at radius 1 is 0.941 bits per heavy atom. The highest BCUT2D eigenvalue weighted by atomic mass is 19.1. The first-order valence-electron chi connectivity index (χ1n) is 11.0. The number of amides is 1. The van der Waals surface area contributed by atoms with Crippen LogP contribution in [0.25, 0.3) is 17.5 Å². The van der Waals surface area contributed by atoms with E-state index in [4.69, 9.17) is 4.98 Å². The van der Waals surface area contributed by atoms with E-state index in [0.717, 1.165) is 28.3 Å². The first kappa shape index (κ1) is 21.5. The molecule has 0 saturated heterocycles. The maximum atomic E-state index is 13.5. The summed E-state index contributed by atoms with van der Waals surface area (Å²) >= 11 is 0. The lowest BCUT2D eigenvalue weighted by atomic mass is 10.1. The van der Waals surface area contributed by atoms with Crippen LogP contribution in [0.4, 0.5) is 21.6 Å². The van der Waals surface area contributed by atoms with Crippen molar-refractivity contribution in [3.63, 3.8) is 0 Å². The van der Waals surface area contributed by atoms with Gasteiger partial charge in [-0.15, -0.1) is 0 Å². The quantitative estimate of drug-likeness (QED) is 0.398. The molecule has 1 amide bonds. The maximum absolute atomic E-state index is 13.5. The van der Waals surface area contributed by atoms with Crippen molar-refractivity contribution in [1.29, 1.82) is 0 Å². The molecule has 4 aromatic rings. The second kappa shape index (κ2) is 9.23. The molecule has 0 aliphatic carbocycles. The number of carbonyl (C=O) groups excluding carboxylic acids is 1. The number of nitrogens with one attached hydrogen (secondary N) is 2. The lowest BCUT2D eigenvalue weighted by Crippen LogP contribution is -2.33. The molecule has 0 unspecified atom stereocenters. The van der Waals surface area contributed by atoms with Gasteiger partial charge in [0, 0.05) is 29.3 Å². The molecule has 2 N–H and O–H groups in total. The first-order chi connectivity index (χ1) is 16.6. The van der Waals surface area contributed by atoms with Crippen LogP contribution in [-0.2, 0) is 11.3 Å². The van der Waals surface area contributed by atoms with Gasteiger partial charge in [-0.3, -0.25) is 9.36 Å². The summed E-state index contributed by atoms with van der Waals surface area (Å²) in [6, 6.07) is 23.9. The Morgan fingerprint density at radius 2 is 1.68 bits per heavy atom. The largest absolute Gasteiger partial charge is 0.376 e. The fourth-order valence-electron chi connectivity index (χ4n) is 3.81. The summed E-state index contributed by atoms with van der Waals surface area (Å²) < 4.78 is 15.5. The fraction of sp³-hybridized carbons (Fsp3) is 0.111. The van der Waals surface area contributed by atoms with Crippen molar-refractivity contribution in [3.05, 3.63) is 102 Å². The molecule has 7 heteroatoms. The molecule has 0 bridgehead atoms. The number of hydrogen-bond donors (Lipinski definition) is 2. The summed E-state index contributed by atoms with van der Waals surface area (Å²) in [6.45, 7) is 2.54. The Morgan fingerprint density at radius 3 is 2.41 bits per heavy atom. The van der Waals surface area contributed by atoms with Gasteiger partial charge in [-0.05, 0) is 55.5 Å². The van der Waals surface area contributed by atoms with E-state index >= 15 is 0 Å². The third-order valence-corrected chi connectivity index (χ3v) is 5.66. The number of para-hydroxylation sites is 1. The highest BCUT2D eigenvalue weighted by molar-refractivity contribution is 5.83. The summed E-state index contributed by atoms with van der Waals surface area (Å²) in [5.41, 5.74) is 4.45. The molecule has 170 valence electrons. The van der Waals surface area contributed by atoms with Crippen LogP contribution in [0.5, 0.6) is 0 Å². The van der Waals surface area contributed by atoms with Gasteiger partial charge in [-0.25, -0.2) is 9.37 Å². The normalized spacial score (nSPS) is 12.4. The summed E-state index contributed by atoms with van der Waals surface area (Å²) in [5.74, 6) is 1.11. The van der Waals surface area contributed by atoms with Crippen LogP contribution >= 0.6 is 0 Å². The number of imidazole rings is 1. The molecule has 34 heavy (non-hydrogen) atoms. The Balaban J connectivity index is 1.42. The predicted molar refractivity (Wildman–Crippen MR) is 133 cm³/mol. The average molecular weight is 454 g/mol. The molecule has 5 rings (SSSR count). The standard InChI is InChI=1S/C27H24FN5O/c1-19-7-13-23(14-8-19)30-27-26(20-9-11-21(28)12-10-20)31-24-18-32(15-16-33(24)27)25(34)17-29-22-5-3-2-4-6-22/h2-16,29-30H,17-18H2,1H3. The van der Waals surface area contributed by atoms with E-state index < -0.39 is 0 Å². The summed E-state index contributed by atoms with van der Waals surface area (Å²) in [6.07, 6.45) is 3.59. The number of hydrogen-bond acceptors (Lipinski definition) is 4. The zero-order chi connectivity index (χ0) is 23.5. The van der Waals surface area contributed by atoms with E-state index in [1.807, 2.05) is 72.3 Å². The molecule has 1 aliphatic heterocycles. The van der Waals surface area contributed by atoms with Crippen molar-refractivity contribution >= 4 is 29.3 Å². The number of aromatic nitrogens is 2. The molecule has 0 saturated carbocycles. The zero-order valence-electron chi connectivity index (χ0n) is 18.7. The SMILES string of the molecule is Cc1ccc(Nc2c(-c3ccc(F)cc3)nc3n2C=CN(C(=O)CNc2ccccc2)C3)cc1. The number of carbonyl (C=O) groups is 1. The molecule has 0 atom stereocenters. The number of halogens is 1. The van der Waals surface area contributed by atoms with Crippen LogP contribution in [0.3, 0.4) is 0 Å². The molecule has 1 aliphatic rings. The topological polar surface area (TPSA) is 62.2 Å². The van der Waals surface area contributed by atoms with Crippen LogP contribution in [0.2, 0.25) is 0 Å². The van der Waals surface area contributed by atoms with Crippen molar-refractivity contribution in [2.75, 3.05) is 17.2 Å². The maximum Gasteiger partial charge on any atom is 0.246 e. The van der Waals surface area contributed by atoms with Gasteiger partial charge in [0.15, 0.2) is 0 Å². The Labute approximate surface area is 197 Å². The highest BCUT2D eigenvalue weighted by Gasteiger charge is 2.24. The molecule has 2 heterocycles. The lowest BCUT2D eigenvalue weighted by molar-refractivity contribution is -0.127. The van der Waals surface area contributed by atoms with E-state index in [2.05, 4.69) is 10.6 Å². The number of nitrogens with zero attached hydrogens (tertiary/aromatic N) is 3. The number of anilines is 3. The molecule has 3 aromatic carbocycles. The number of aryl methyl sites for hydroxylation is 1. The van der Waals surface area contributed by atoms with Crippen LogP contribution in [0.1, 0.15) is 11.4 Å². The van der Waals surface area contributed by atoms with Gasteiger partial charge in [0.2, 0.25) is 5.91 Å². The van der Waals surface area contributed by atoms with E-state index in [1.165, 1.54) is 12.1 Å². The van der Waals surface area contributed by atoms with Crippen molar-refractivity contribution in [2.24, 2.45) is 0 Å². The van der Waals surface area contributed by atoms with Gasteiger partial charge in [0.1, 0.15) is 23.2 Å². The molecular formula is C27H24FN5O. The second-order valence-corrected chi connectivity index (χ2v) is 8.13. The molecule has 0 spiro atoms. The number of fused-ring (bicyclic) bond motifs is 1. The first-order valence-corrected chi connectivity index (χ1v) is 11.0. The Bertz CT molecular complexity index is 1330. The van der Waals surface area contributed by atoms with Crippen LogP contribution in [0, 0.1) is 12.7 Å². The van der Waals surface area contributed by atoms with Gasteiger partial charge in [0.05, 0.1) is 13.1 Å². The molecule has 0 fully saturated rings. The summed E-state index contributed by atoms with van der Waals surface area (Å²) in [4.78, 5) is 19.3. The molecule has 6 nitrogen and oxygen atoms in total. The van der Waals surface area contributed by atoms with Gasteiger partial charge in [-0.1, -0.05) is 35.9 Å². The van der Waals surface area contributed by atoms with Crippen LogP contribution in [-0.4, -0.2) is 26.9 Å². The smallest absolute Gasteiger partial charge is 0.246 e. The van der Waals surface area contributed by atoms with Crippen molar-refractivity contribution in [3.8, 4) is 11.3 Å². The minimum absolute atomic E-state index is 0.0641. The minimum Gasteiger partial charge on any atom is -0.376 e. The minimum atomic E-state index is -0.302. The van der Waals surface area contributed by atoms with Crippen molar-refractivity contribution < 1.29 is 9.18 Å². The second-order valence-electron chi connectivity index (χ2n) is 8.13. The molecule has 1 aromatic heterocycles. The summed E-state index contributed by atoms with van der Waals surface area (Å²) in [7, 11) is 0. The van der Waals surface area contributed by atoms with Gasteiger partial charge >= 0.3 is 0 Å². The number of benzene rings is 3. The summed E-state index contributed by atoms with van der Waals surface area (Å²) in [5, 5.41) is 6.60. The zero-order valence-corrected chi connectivity index (χ0v) is 18.7. The fourth-order valence-corrected chi connectivity index (χ4v) is 3.81. The Hall–Kier alpha value is -4.39. The van der Waals surface area contributed by atoms with Crippen LogP contribution in [0.15, 0.2) is 85.1 Å². The monoisotopic (exact) mass is 453 g/mol. The van der Waals surface area contributed by atoms with Crippen LogP contribution < -0.4 is 10.6 Å². The third-order valence-electron chi connectivity index (χ3n) is 5.66. The van der Waals surface area contributed by atoms with E-state index in [1.54, 1.807) is 23.2 Å². The van der Waals surface area contributed by atoms with Gasteiger partial charge in [-0.2, -0.15) is 0 Å². The van der Waals surface area contributed by atoms with Gasteiger partial charge in [0.25, 0.3) is 0 Å². The third kappa shape index (κ3) is 4.54. The molecular weight excluding hydrogens is 429 g/mol. The van der Waals surface area contributed by atoms with Crippen molar-refractivity contribution in [1.82, 2.24) is 14.5 Å². The van der Waals surface area contributed by atoms with Crippen molar-refractivity contribution in [2.45, 2.75) is 13.5 Å². The lowest BCUT2D eigenvalue weighted by Gasteiger charge is -2.23. The van der Waals surface area contributed by atoms with E-state index in [9.17, 15) is 9.18 Å². The Kier molecular flexibility index (Phi) is 5.82. The highest BCUT2D eigenvalue weighted by Crippen LogP contribution is 2.33.